The Morgan fingerprint density at radius 1 is 0.625 bits per heavy atom. The number of rotatable bonds is 3. The van der Waals surface area contributed by atoms with Crippen LogP contribution in [0.4, 0.5) is 0 Å². The zero-order chi connectivity index (χ0) is 11.4. The van der Waals surface area contributed by atoms with Gasteiger partial charge in [-0.25, -0.2) is 0 Å². The minimum absolute atomic E-state index is 0.807. The maximum absolute atomic E-state index is 5.25. The van der Waals surface area contributed by atoms with Gasteiger partial charge in [-0.3, -0.25) is 0 Å². The molecule has 2 nitrogen and oxygen atoms in total. The van der Waals surface area contributed by atoms with Crippen LogP contribution in [0.3, 0.4) is 0 Å². The fourth-order valence-corrected chi connectivity index (χ4v) is 1.99. The number of hydrogen-bond donors (Lipinski definition) is 0. The number of benzene rings is 2. The van der Waals surface area contributed by atoms with Gasteiger partial charge in [0.05, 0.1) is 18.9 Å². The maximum Gasteiger partial charge on any atom is 0.130 e. The third kappa shape index (κ3) is 2.19. The van der Waals surface area contributed by atoms with E-state index in [0.29, 0.717) is 0 Å². The van der Waals surface area contributed by atoms with Crippen molar-refractivity contribution in [3.05, 3.63) is 48.5 Å². The summed E-state index contributed by atoms with van der Waals surface area (Å²) in [5, 5.41) is 0. The molecule has 2 unspecified atom stereocenters. The van der Waals surface area contributed by atoms with Crippen molar-refractivity contribution in [1.82, 2.24) is 0 Å². The molecule has 4 heteroatoms. The van der Waals surface area contributed by atoms with E-state index in [0.717, 1.165) is 22.6 Å². The third-order valence-electron chi connectivity index (χ3n) is 2.32. The average molecular weight is 250 g/mol. The molecule has 16 heavy (non-hydrogen) atoms. The van der Waals surface area contributed by atoms with Crippen molar-refractivity contribution in [3.8, 4) is 22.6 Å². The SMILES string of the molecule is POc1ccccc1-c1ccccc1OP. The van der Waals surface area contributed by atoms with Crippen LogP contribution in [0.5, 0.6) is 11.5 Å². The minimum Gasteiger partial charge on any atom is -0.480 e. The summed E-state index contributed by atoms with van der Waals surface area (Å²) >= 11 is 0. The van der Waals surface area contributed by atoms with Crippen LogP contribution in [0.1, 0.15) is 0 Å². The molecule has 0 bridgehead atoms. The molecule has 0 saturated carbocycles. The highest BCUT2D eigenvalue weighted by molar-refractivity contribution is 7.10. The Bertz CT molecular complexity index is 440. The fourth-order valence-electron chi connectivity index (χ4n) is 1.58. The quantitative estimate of drug-likeness (QED) is 0.773. The molecule has 0 spiro atoms. The van der Waals surface area contributed by atoms with Crippen molar-refractivity contribution in [1.29, 1.82) is 0 Å². The van der Waals surface area contributed by atoms with Gasteiger partial charge in [0.15, 0.2) is 0 Å². The molecule has 2 rings (SSSR count). The van der Waals surface area contributed by atoms with E-state index in [-0.39, 0.29) is 0 Å². The first-order valence-electron chi connectivity index (χ1n) is 4.78. The first-order valence-corrected chi connectivity index (χ1v) is 5.73. The molecule has 0 saturated heterocycles. The van der Waals surface area contributed by atoms with Gasteiger partial charge in [-0.2, -0.15) is 0 Å². The summed E-state index contributed by atoms with van der Waals surface area (Å²) in [5.41, 5.74) is 2.02. The van der Waals surface area contributed by atoms with E-state index in [2.05, 4.69) is 18.9 Å². The van der Waals surface area contributed by atoms with Crippen molar-refractivity contribution in [2.75, 3.05) is 0 Å². The lowest BCUT2D eigenvalue weighted by Gasteiger charge is -2.11. The van der Waals surface area contributed by atoms with Crippen molar-refractivity contribution < 1.29 is 9.05 Å². The second-order valence-corrected chi connectivity index (χ2v) is 3.70. The van der Waals surface area contributed by atoms with Crippen molar-refractivity contribution >= 4 is 18.9 Å². The number of para-hydroxylation sites is 2. The van der Waals surface area contributed by atoms with Crippen LogP contribution < -0.4 is 9.05 Å². The van der Waals surface area contributed by atoms with Crippen LogP contribution in [0.25, 0.3) is 11.1 Å². The normalized spacial score (nSPS) is 9.88. The molecule has 2 atom stereocenters. The van der Waals surface area contributed by atoms with Gasteiger partial charge in [-0.15, -0.1) is 0 Å². The molecule has 0 aromatic heterocycles. The van der Waals surface area contributed by atoms with Crippen LogP contribution in [0.2, 0.25) is 0 Å². The molecule has 2 aromatic rings. The van der Waals surface area contributed by atoms with Crippen molar-refractivity contribution in [2.45, 2.75) is 0 Å². The van der Waals surface area contributed by atoms with Crippen LogP contribution >= 0.6 is 18.9 Å². The summed E-state index contributed by atoms with van der Waals surface area (Å²) in [4.78, 5) is 0. The van der Waals surface area contributed by atoms with Gasteiger partial charge >= 0.3 is 0 Å². The monoisotopic (exact) mass is 250 g/mol. The average Bonchev–Trinajstić information content (AvgIpc) is 2.38. The Morgan fingerprint density at radius 2 is 1.00 bits per heavy atom. The lowest BCUT2D eigenvalue weighted by atomic mass is 10.0. The zero-order valence-electron chi connectivity index (χ0n) is 8.59. The van der Waals surface area contributed by atoms with E-state index in [1.165, 1.54) is 0 Å². The minimum atomic E-state index is 0.807. The highest BCUT2D eigenvalue weighted by atomic mass is 31.0. The second-order valence-electron chi connectivity index (χ2n) is 3.23. The molecular formula is C12H12O2P2. The Morgan fingerprint density at radius 3 is 1.38 bits per heavy atom. The highest BCUT2D eigenvalue weighted by Crippen LogP contribution is 2.37. The molecule has 0 aliphatic rings. The first-order chi connectivity index (χ1) is 7.86. The third-order valence-corrected chi connectivity index (χ3v) is 2.83. The Hall–Kier alpha value is -1.10. The van der Waals surface area contributed by atoms with Gasteiger partial charge in [-0.1, -0.05) is 36.4 Å². The predicted molar refractivity (Wildman–Crippen MR) is 72.6 cm³/mol. The van der Waals surface area contributed by atoms with Crippen LogP contribution in [0, 0.1) is 0 Å². The molecule has 0 heterocycles. The van der Waals surface area contributed by atoms with E-state index in [9.17, 15) is 0 Å². The summed E-state index contributed by atoms with van der Waals surface area (Å²) in [6.45, 7) is 0. The highest BCUT2D eigenvalue weighted by Gasteiger charge is 2.09. The smallest absolute Gasteiger partial charge is 0.130 e. The molecule has 2 aromatic carbocycles. The maximum atomic E-state index is 5.25. The largest absolute Gasteiger partial charge is 0.480 e. The van der Waals surface area contributed by atoms with E-state index < -0.39 is 0 Å². The van der Waals surface area contributed by atoms with Gasteiger partial charge in [0.1, 0.15) is 11.5 Å². The first kappa shape index (κ1) is 11.4. The van der Waals surface area contributed by atoms with Crippen LogP contribution in [0.15, 0.2) is 48.5 Å². The molecule has 0 amide bonds. The summed E-state index contributed by atoms with van der Waals surface area (Å²) in [6.07, 6.45) is 0. The van der Waals surface area contributed by atoms with E-state index in [4.69, 9.17) is 9.05 Å². The fraction of sp³-hybridized carbons (Fsp3) is 0. The molecule has 0 aliphatic carbocycles. The Labute approximate surface area is 99.5 Å². The van der Waals surface area contributed by atoms with Gasteiger partial charge in [0.2, 0.25) is 0 Å². The molecule has 82 valence electrons. The summed E-state index contributed by atoms with van der Waals surface area (Å²) in [6, 6.07) is 15.7. The van der Waals surface area contributed by atoms with Gasteiger partial charge in [0.25, 0.3) is 0 Å². The molecular weight excluding hydrogens is 238 g/mol. The Balaban J connectivity index is 2.58. The molecule has 0 fully saturated rings. The van der Waals surface area contributed by atoms with Gasteiger partial charge in [-0.05, 0) is 12.1 Å². The topological polar surface area (TPSA) is 18.5 Å². The van der Waals surface area contributed by atoms with E-state index in [1.807, 2.05) is 48.5 Å². The lowest BCUT2D eigenvalue weighted by molar-refractivity contribution is 0.638. The van der Waals surface area contributed by atoms with Crippen LogP contribution in [-0.4, -0.2) is 0 Å². The summed E-state index contributed by atoms with van der Waals surface area (Å²) in [7, 11) is 4.53. The molecule has 0 N–H and O–H groups in total. The summed E-state index contributed by atoms with van der Waals surface area (Å²) in [5.74, 6) is 1.61. The molecule has 0 aliphatic heterocycles. The van der Waals surface area contributed by atoms with Crippen LogP contribution in [-0.2, 0) is 0 Å². The Kier molecular flexibility index (Phi) is 3.77. The standard InChI is InChI=1S/C12H12O2P2/c15-13-11-7-3-1-5-9(11)10-6-2-4-8-12(10)14-16/h1-8H,15-16H2. The van der Waals surface area contributed by atoms with Crippen molar-refractivity contribution in [2.24, 2.45) is 0 Å². The zero-order valence-corrected chi connectivity index (χ0v) is 10.9. The number of hydrogen-bond acceptors (Lipinski definition) is 2. The van der Waals surface area contributed by atoms with E-state index >= 15 is 0 Å². The summed E-state index contributed by atoms with van der Waals surface area (Å²) < 4.78 is 10.5. The van der Waals surface area contributed by atoms with Gasteiger partial charge in [0, 0.05) is 11.1 Å². The molecule has 0 radical (unpaired) electrons. The van der Waals surface area contributed by atoms with Crippen molar-refractivity contribution in [3.63, 3.8) is 0 Å². The second kappa shape index (κ2) is 5.30. The predicted octanol–water partition coefficient (Wildman–Crippen LogP) is 3.69. The lowest BCUT2D eigenvalue weighted by Crippen LogP contribution is -1.85. The van der Waals surface area contributed by atoms with Gasteiger partial charge < -0.3 is 9.05 Å². The van der Waals surface area contributed by atoms with E-state index in [1.54, 1.807) is 0 Å².